The van der Waals surface area contributed by atoms with E-state index in [2.05, 4.69) is 30.9 Å². The molecule has 6 aromatic rings. The molecule has 1 unspecified atom stereocenters. The van der Waals surface area contributed by atoms with E-state index in [9.17, 15) is 9.18 Å². The van der Waals surface area contributed by atoms with Crippen LogP contribution in [0.5, 0.6) is 0 Å². The number of anilines is 2. The number of pyridine rings is 3. The molecule has 43 heavy (non-hydrogen) atoms. The van der Waals surface area contributed by atoms with Crippen molar-refractivity contribution < 1.29 is 9.18 Å². The number of carbonyl (C=O) groups excluding carboxylic acids is 1. The van der Waals surface area contributed by atoms with Gasteiger partial charge in [-0.1, -0.05) is 42.5 Å². The van der Waals surface area contributed by atoms with Crippen LogP contribution in [-0.4, -0.2) is 37.0 Å². The van der Waals surface area contributed by atoms with E-state index in [1.165, 1.54) is 12.1 Å². The number of fused-ring (bicyclic) bond motifs is 3. The Balaban J connectivity index is 1.14. The number of amides is 1. The molecule has 0 bridgehead atoms. The number of hydrogen-bond donors (Lipinski definition) is 4. The first kappa shape index (κ1) is 24.9. The molecule has 10 heteroatoms. The zero-order chi connectivity index (χ0) is 28.9. The summed E-state index contributed by atoms with van der Waals surface area (Å²) in [6.45, 7) is 0. The number of nitrogens with one attached hydrogen (secondary N) is 4. The molecule has 0 radical (unpaired) electrons. The Kier molecular flexibility index (Phi) is 5.71. The molecule has 2 aromatic carbocycles. The van der Waals surface area contributed by atoms with Gasteiger partial charge in [0.15, 0.2) is 0 Å². The van der Waals surface area contributed by atoms with Crippen molar-refractivity contribution in [2.75, 3.05) is 10.6 Å². The van der Waals surface area contributed by atoms with Gasteiger partial charge in [-0.15, -0.1) is 0 Å². The normalized spacial score (nSPS) is 14.9. The van der Waals surface area contributed by atoms with Gasteiger partial charge in [0.1, 0.15) is 23.3 Å². The Morgan fingerprint density at radius 1 is 0.907 bits per heavy atom. The smallest absolute Gasteiger partial charge is 0.228 e. The lowest BCUT2D eigenvalue weighted by Crippen LogP contribution is -2.14. The van der Waals surface area contributed by atoms with E-state index in [1.54, 1.807) is 30.9 Å². The second kappa shape index (κ2) is 9.88. The van der Waals surface area contributed by atoms with Crippen LogP contribution in [0.25, 0.3) is 39.1 Å². The van der Waals surface area contributed by atoms with Crippen LogP contribution in [0.15, 0.2) is 103 Å². The van der Waals surface area contributed by atoms with Gasteiger partial charge in [0.2, 0.25) is 5.91 Å². The lowest BCUT2D eigenvalue weighted by Gasteiger charge is -2.17. The van der Waals surface area contributed by atoms with Crippen molar-refractivity contribution in [1.82, 2.24) is 30.2 Å². The highest BCUT2D eigenvalue weighted by atomic mass is 19.1. The van der Waals surface area contributed by atoms with Gasteiger partial charge in [0, 0.05) is 34.7 Å². The molecule has 1 amide bonds. The van der Waals surface area contributed by atoms with Crippen molar-refractivity contribution >= 4 is 33.9 Å². The Hall–Kier alpha value is -5.90. The molecule has 0 aliphatic carbocycles. The van der Waals surface area contributed by atoms with Gasteiger partial charge >= 0.3 is 0 Å². The van der Waals surface area contributed by atoms with Crippen LogP contribution in [-0.2, 0) is 11.2 Å². The number of halogens is 1. The van der Waals surface area contributed by atoms with Crippen LogP contribution in [0.2, 0.25) is 0 Å². The van der Waals surface area contributed by atoms with Crippen molar-refractivity contribution in [3.63, 3.8) is 0 Å². The van der Waals surface area contributed by atoms with Gasteiger partial charge in [-0.2, -0.15) is 0 Å². The Morgan fingerprint density at radius 2 is 1.81 bits per heavy atom. The highest BCUT2D eigenvalue weighted by molar-refractivity contribution is 5.97. The fourth-order valence-electron chi connectivity index (χ4n) is 5.46. The van der Waals surface area contributed by atoms with Crippen LogP contribution in [0.1, 0.15) is 17.0 Å². The molecule has 1 saturated heterocycles. The minimum absolute atomic E-state index is 0.00556. The second-order valence-corrected chi connectivity index (χ2v) is 10.4. The van der Waals surface area contributed by atoms with Crippen molar-refractivity contribution in [2.45, 2.75) is 12.6 Å². The summed E-state index contributed by atoms with van der Waals surface area (Å²) in [6.07, 6.45) is 7.10. The molecule has 0 saturated carbocycles. The van der Waals surface area contributed by atoms with Crippen molar-refractivity contribution in [3.8, 4) is 22.5 Å². The van der Waals surface area contributed by atoms with E-state index in [0.29, 0.717) is 34.0 Å². The first-order valence-electron chi connectivity index (χ1n) is 13.8. The summed E-state index contributed by atoms with van der Waals surface area (Å²) in [5, 5.41) is 9.78. The number of carbonyl (C=O) groups is 1. The third-order valence-electron chi connectivity index (χ3n) is 7.51. The fourth-order valence-corrected chi connectivity index (χ4v) is 5.46. The number of aromatic amines is 1. The zero-order valence-electron chi connectivity index (χ0n) is 22.6. The van der Waals surface area contributed by atoms with Crippen LogP contribution < -0.4 is 16.0 Å². The number of hydrogen-bond acceptors (Lipinski definition) is 7. The fraction of sp³-hybridized carbons (Fsp3) is 0.0606. The van der Waals surface area contributed by atoms with E-state index in [4.69, 9.17) is 9.97 Å². The molecule has 208 valence electrons. The van der Waals surface area contributed by atoms with E-state index < -0.39 is 0 Å². The highest BCUT2D eigenvalue weighted by Gasteiger charge is 2.39. The minimum atomic E-state index is -0.330. The quantitative estimate of drug-likeness (QED) is 0.195. The lowest BCUT2D eigenvalue weighted by molar-refractivity contribution is -0.115. The molecular weight excluding hydrogens is 543 g/mol. The third kappa shape index (κ3) is 4.64. The van der Waals surface area contributed by atoms with Crippen molar-refractivity contribution in [1.29, 1.82) is 0 Å². The number of imidazole rings is 1. The van der Waals surface area contributed by atoms with Gasteiger partial charge in [0.05, 0.1) is 52.8 Å². The van der Waals surface area contributed by atoms with Gasteiger partial charge in [-0.05, 0) is 35.9 Å². The Morgan fingerprint density at radius 3 is 2.70 bits per heavy atom. The van der Waals surface area contributed by atoms with E-state index >= 15 is 0 Å². The summed E-state index contributed by atoms with van der Waals surface area (Å²) in [7, 11) is 0. The monoisotopic (exact) mass is 566 g/mol. The molecule has 6 heterocycles. The lowest BCUT2D eigenvalue weighted by atomic mass is 9.99. The average molecular weight is 567 g/mol. The van der Waals surface area contributed by atoms with Crippen LogP contribution in [0.4, 0.5) is 15.8 Å². The standard InChI is InChI=1S/C33H23FN8O/c34-21-8-4-7-19(12-21)29-30-24(9-10-36-29)39-32(41-30)28-23-14-25(37-17-26(23)40-33-31(28)42-33)20-13-22(16-35-15-20)38-27(43)11-18-5-2-1-3-6-18/h1-10,12-17,33,40,42H,11H2,(H,38,43)(H,39,41). The maximum absolute atomic E-state index is 14.0. The first-order chi connectivity index (χ1) is 21.1. The molecule has 9 nitrogen and oxygen atoms in total. The van der Waals surface area contributed by atoms with E-state index in [0.717, 1.165) is 39.2 Å². The number of aromatic nitrogens is 5. The second-order valence-electron chi connectivity index (χ2n) is 10.4. The van der Waals surface area contributed by atoms with Crippen LogP contribution in [0.3, 0.4) is 0 Å². The topological polar surface area (TPSA) is 130 Å². The summed E-state index contributed by atoms with van der Waals surface area (Å²) in [5.74, 6) is 0.219. The average Bonchev–Trinajstić information content (AvgIpc) is 3.66. The molecule has 1 atom stereocenters. The van der Waals surface area contributed by atoms with Gasteiger partial charge in [-0.25, -0.2) is 9.37 Å². The molecule has 2 aliphatic heterocycles. The predicted molar refractivity (Wildman–Crippen MR) is 162 cm³/mol. The summed E-state index contributed by atoms with van der Waals surface area (Å²) < 4.78 is 14.0. The van der Waals surface area contributed by atoms with E-state index in [-0.39, 0.29) is 24.3 Å². The van der Waals surface area contributed by atoms with Crippen LogP contribution >= 0.6 is 0 Å². The largest absolute Gasteiger partial charge is 0.360 e. The van der Waals surface area contributed by atoms with Gasteiger partial charge in [0.25, 0.3) is 0 Å². The van der Waals surface area contributed by atoms with E-state index in [1.807, 2.05) is 54.6 Å². The van der Waals surface area contributed by atoms with Crippen molar-refractivity contribution in [3.05, 3.63) is 126 Å². The highest BCUT2D eigenvalue weighted by Crippen LogP contribution is 2.43. The molecule has 0 spiro atoms. The Labute approximate surface area is 245 Å². The number of benzene rings is 2. The predicted octanol–water partition coefficient (Wildman–Crippen LogP) is 5.52. The maximum atomic E-state index is 14.0. The molecule has 2 aliphatic rings. The molecular formula is C33H23FN8O. The number of nitrogens with zero attached hydrogens (tertiary/aromatic N) is 4. The van der Waals surface area contributed by atoms with Crippen LogP contribution in [0, 0.1) is 5.82 Å². The maximum Gasteiger partial charge on any atom is 0.228 e. The first-order valence-corrected chi connectivity index (χ1v) is 13.8. The summed E-state index contributed by atoms with van der Waals surface area (Å²) in [4.78, 5) is 34.6. The molecule has 4 N–H and O–H groups in total. The molecule has 4 aromatic heterocycles. The third-order valence-corrected chi connectivity index (χ3v) is 7.51. The Bertz CT molecular complexity index is 2090. The summed E-state index contributed by atoms with van der Waals surface area (Å²) in [6, 6.07) is 21.7. The molecule has 8 rings (SSSR count). The van der Waals surface area contributed by atoms with Gasteiger partial charge < -0.3 is 20.9 Å². The summed E-state index contributed by atoms with van der Waals surface area (Å²) >= 11 is 0. The zero-order valence-corrected chi connectivity index (χ0v) is 22.6. The summed E-state index contributed by atoms with van der Waals surface area (Å²) in [5.41, 5.74) is 9.42. The number of rotatable bonds is 6. The molecule has 1 fully saturated rings. The SMILES string of the molecule is O=C(Cc1ccccc1)Nc1cncc(-c2cc3c(cn2)NC2NC2=C3c2nc3c(-c4cccc(F)c4)nccc3[nH]2)c1. The van der Waals surface area contributed by atoms with Crippen molar-refractivity contribution in [2.24, 2.45) is 0 Å². The number of H-pyrrole nitrogens is 1. The van der Waals surface area contributed by atoms with Gasteiger partial charge in [-0.3, -0.25) is 19.7 Å². The minimum Gasteiger partial charge on any atom is -0.360 e.